The zero-order chi connectivity index (χ0) is 26.3. The molecule has 1 N–H and O–H groups in total. The zero-order valence-corrected chi connectivity index (χ0v) is 22.7. The number of para-hydroxylation sites is 2. The summed E-state index contributed by atoms with van der Waals surface area (Å²) in [5.41, 5.74) is 0.795. The molecule has 35 heavy (non-hydrogen) atoms. The fourth-order valence-electron chi connectivity index (χ4n) is 3.36. The predicted octanol–water partition coefficient (Wildman–Crippen LogP) is 4.10. The number of nitrogens with one attached hydrogen (secondary N) is 1. The normalized spacial score (nSPS) is 12.2. The highest BCUT2D eigenvalue weighted by Crippen LogP contribution is 2.30. The summed E-state index contributed by atoms with van der Waals surface area (Å²) >= 11 is 12.3. The molecule has 1 atom stereocenters. The van der Waals surface area contributed by atoms with Crippen LogP contribution in [0.2, 0.25) is 10.0 Å². The Bertz CT molecular complexity index is 1160. The average Bonchev–Trinajstić information content (AvgIpc) is 2.76. The minimum atomic E-state index is -3.88. The second kappa shape index (κ2) is 12.5. The van der Waals surface area contributed by atoms with Gasteiger partial charge in [-0.05, 0) is 57.5 Å². The molecule has 0 heterocycles. The number of carbonyl (C=O) groups excluding carboxylic acids is 2. The number of halogens is 2. The molecule has 11 heteroatoms. The molecule has 0 radical (unpaired) electrons. The van der Waals surface area contributed by atoms with Crippen molar-refractivity contribution in [3.63, 3.8) is 0 Å². The lowest BCUT2D eigenvalue weighted by Gasteiger charge is -2.32. The van der Waals surface area contributed by atoms with Gasteiger partial charge >= 0.3 is 0 Å². The van der Waals surface area contributed by atoms with Gasteiger partial charge in [-0.3, -0.25) is 13.9 Å². The van der Waals surface area contributed by atoms with Crippen molar-refractivity contribution in [2.75, 3.05) is 23.7 Å². The van der Waals surface area contributed by atoms with Crippen LogP contribution in [0, 0.1) is 0 Å². The van der Waals surface area contributed by atoms with Crippen LogP contribution >= 0.6 is 23.2 Å². The second-order valence-electron chi connectivity index (χ2n) is 8.27. The SMILES string of the molecule is CCOc1ccccc1N(CC(=O)N(Cc1ccc(Cl)cc1Cl)[C@H](C)C(=O)NC(C)C)S(C)(=O)=O. The minimum Gasteiger partial charge on any atom is -0.492 e. The van der Waals surface area contributed by atoms with E-state index >= 15 is 0 Å². The molecule has 0 unspecified atom stereocenters. The van der Waals surface area contributed by atoms with Gasteiger partial charge in [0.25, 0.3) is 0 Å². The van der Waals surface area contributed by atoms with Gasteiger partial charge in [-0.1, -0.05) is 41.4 Å². The number of ether oxygens (including phenoxy) is 1. The number of amides is 2. The van der Waals surface area contributed by atoms with Crippen LogP contribution < -0.4 is 14.4 Å². The van der Waals surface area contributed by atoms with Gasteiger partial charge in [0.1, 0.15) is 18.3 Å². The van der Waals surface area contributed by atoms with E-state index in [9.17, 15) is 18.0 Å². The van der Waals surface area contributed by atoms with Crippen LogP contribution in [-0.4, -0.2) is 56.6 Å². The first-order valence-electron chi connectivity index (χ1n) is 11.1. The Hall–Kier alpha value is -2.49. The molecule has 0 fully saturated rings. The van der Waals surface area contributed by atoms with Crippen molar-refractivity contribution < 1.29 is 22.7 Å². The van der Waals surface area contributed by atoms with Crippen molar-refractivity contribution in [3.05, 3.63) is 58.1 Å². The maximum absolute atomic E-state index is 13.6. The topological polar surface area (TPSA) is 96.0 Å². The monoisotopic (exact) mass is 543 g/mol. The molecule has 2 aromatic rings. The van der Waals surface area contributed by atoms with E-state index in [-0.39, 0.29) is 24.2 Å². The van der Waals surface area contributed by atoms with E-state index in [1.807, 2.05) is 13.8 Å². The second-order valence-corrected chi connectivity index (χ2v) is 11.0. The third-order valence-corrected chi connectivity index (χ3v) is 6.78. The smallest absolute Gasteiger partial charge is 0.244 e. The van der Waals surface area contributed by atoms with Gasteiger partial charge in [-0.2, -0.15) is 0 Å². The van der Waals surface area contributed by atoms with E-state index in [2.05, 4.69) is 5.32 Å². The quantitative estimate of drug-likeness (QED) is 0.460. The van der Waals surface area contributed by atoms with Gasteiger partial charge < -0.3 is 15.0 Å². The molecule has 0 spiro atoms. The van der Waals surface area contributed by atoms with Gasteiger partial charge in [-0.25, -0.2) is 8.42 Å². The van der Waals surface area contributed by atoms with Crippen LogP contribution in [0.1, 0.15) is 33.3 Å². The first-order valence-corrected chi connectivity index (χ1v) is 13.7. The van der Waals surface area contributed by atoms with E-state index in [1.54, 1.807) is 56.3 Å². The summed E-state index contributed by atoms with van der Waals surface area (Å²) in [4.78, 5) is 27.7. The van der Waals surface area contributed by atoms with Gasteiger partial charge in [0, 0.05) is 22.6 Å². The summed E-state index contributed by atoms with van der Waals surface area (Å²) in [6, 6.07) is 10.4. The average molecular weight is 545 g/mol. The van der Waals surface area contributed by atoms with Gasteiger partial charge in [-0.15, -0.1) is 0 Å². The summed E-state index contributed by atoms with van der Waals surface area (Å²) in [7, 11) is -3.88. The summed E-state index contributed by atoms with van der Waals surface area (Å²) in [6.07, 6.45) is 1.01. The van der Waals surface area contributed by atoms with Crippen molar-refractivity contribution in [3.8, 4) is 5.75 Å². The highest BCUT2D eigenvalue weighted by atomic mass is 35.5. The van der Waals surface area contributed by atoms with Crippen molar-refractivity contribution in [1.29, 1.82) is 0 Å². The van der Waals surface area contributed by atoms with Gasteiger partial charge in [0.15, 0.2) is 0 Å². The van der Waals surface area contributed by atoms with E-state index in [0.717, 1.165) is 10.6 Å². The third-order valence-electron chi connectivity index (χ3n) is 5.07. The van der Waals surface area contributed by atoms with Crippen LogP contribution in [-0.2, 0) is 26.2 Å². The lowest BCUT2D eigenvalue weighted by molar-refractivity contribution is -0.139. The number of hydrogen-bond donors (Lipinski definition) is 1. The molecule has 0 aromatic heterocycles. The number of rotatable bonds is 11. The van der Waals surface area contributed by atoms with Crippen molar-refractivity contribution >= 4 is 50.7 Å². The number of anilines is 1. The number of benzene rings is 2. The number of nitrogens with zero attached hydrogens (tertiary/aromatic N) is 2. The lowest BCUT2D eigenvalue weighted by atomic mass is 10.1. The van der Waals surface area contributed by atoms with Gasteiger partial charge in [0.05, 0.1) is 18.6 Å². The number of sulfonamides is 1. The third kappa shape index (κ3) is 8.02. The van der Waals surface area contributed by atoms with Crippen molar-refractivity contribution in [2.45, 2.75) is 46.3 Å². The predicted molar refractivity (Wildman–Crippen MR) is 140 cm³/mol. The van der Waals surface area contributed by atoms with Crippen LogP contribution in [0.4, 0.5) is 5.69 Å². The fourth-order valence-corrected chi connectivity index (χ4v) is 4.68. The highest BCUT2D eigenvalue weighted by molar-refractivity contribution is 7.92. The van der Waals surface area contributed by atoms with Crippen LogP contribution in [0.25, 0.3) is 0 Å². The molecule has 0 saturated heterocycles. The summed E-state index contributed by atoms with van der Waals surface area (Å²) in [5.74, 6) is -0.635. The van der Waals surface area contributed by atoms with E-state index < -0.39 is 28.5 Å². The summed E-state index contributed by atoms with van der Waals surface area (Å²) in [6.45, 7) is 6.74. The summed E-state index contributed by atoms with van der Waals surface area (Å²) in [5, 5.41) is 3.55. The molecule has 8 nitrogen and oxygen atoms in total. The largest absolute Gasteiger partial charge is 0.492 e. The van der Waals surface area contributed by atoms with Crippen molar-refractivity contribution in [2.24, 2.45) is 0 Å². The first kappa shape index (κ1) is 28.7. The molecule has 0 aliphatic rings. The van der Waals surface area contributed by atoms with E-state index in [1.165, 1.54) is 4.90 Å². The van der Waals surface area contributed by atoms with Gasteiger partial charge in [0.2, 0.25) is 21.8 Å². The van der Waals surface area contributed by atoms with E-state index in [0.29, 0.717) is 28.0 Å². The summed E-state index contributed by atoms with van der Waals surface area (Å²) < 4.78 is 32.0. The number of hydrogen-bond acceptors (Lipinski definition) is 5. The molecule has 2 amide bonds. The Morgan fingerprint density at radius 2 is 1.74 bits per heavy atom. The first-order chi connectivity index (χ1) is 16.3. The van der Waals surface area contributed by atoms with Crippen LogP contribution in [0.15, 0.2) is 42.5 Å². The minimum absolute atomic E-state index is 0.0216. The molecule has 0 bridgehead atoms. The molecule has 2 rings (SSSR count). The Balaban J connectivity index is 2.47. The van der Waals surface area contributed by atoms with Crippen LogP contribution in [0.3, 0.4) is 0 Å². The maximum atomic E-state index is 13.6. The zero-order valence-electron chi connectivity index (χ0n) is 20.4. The molecule has 0 saturated carbocycles. The Labute approximate surface area is 217 Å². The Kier molecular flexibility index (Phi) is 10.2. The van der Waals surface area contributed by atoms with Crippen LogP contribution in [0.5, 0.6) is 5.75 Å². The van der Waals surface area contributed by atoms with Crippen molar-refractivity contribution in [1.82, 2.24) is 10.2 Å². The number of carbonyl (C=O) groups is 2. The molecule has 192 valence electrons. The molecular weight excluding hydrogens is 513 g/mol. The van der Waals surface area contributed by atoms with E-state index in [4.69, 9.17) is 27.9 Å². The Morgan fingerprint density at radius 3 is 2.31 bits per heavy atom. The Morgan fingerprint density at radius 1 is 1.09 bits per heavy atom. The maximum Gasteiger partial charge on any atom is 0.244 e. The molecule has 0 aliphatic heterocycles. The molecular formula is C24H31Cl2N3O5S. The lowest BCUT2D eigenvalue weighted by Crippen LogP contribution is -2.52. The fraction of sp³-hybridized carbons (Fsp3) is 0.417. The highest BCUT2D eigenvalue weighted by Gasteiger charge is 2.31. The molecule has 0 aliphatic carbocycles. The molecule has 2 aromatic carbocycles. The standard InChI is InChI=1S/C24H31Cl2N3O5S/c1-6-34-22-10-8-7-9-21(22)29(35(5,32)33)15-23(30)28(17(4)24(31)27-16(2)3)14-18-11-12-19(25)13-20(18)26/h7-13,16-17H,6,14-15H2,1-5H3,(H,27,31)/t17-/m1/s1.